The molecule has 1 aromatic carbocycles. The number of aryl methyl sites for hydroxylation is 2. The maximum absolute atomic E-state index is 13.0. The number of hydrogen-bond acceptors (Lipinski definition) is 6. The number of sulfonamides is 1. The Labute approximate surface area is 174 Å². The van der Waals surface area contributed by atoms with Crippen molar-refractivity contribution >= 4 is 44.2 Å². The Hall–Kier alpha value is -1.42. The van der Waals surface area contributed by atoms with Crippen LogP contribution in [0.25, 0.3) is 11.0 Å². The SMILES string of the molecule is CCn1c(CSc2nc(C)cs2)nc2cc(S(=O)(=O)N3CCCCC3)ccc21. The van der Waals surface area contributed by atoms with Gasteiger partial charge in [-0.3, -0.25) is 0 Å². The van der Waals surface area contributed by atoms with Crippen LogP contribution in [0.2, 0.25) is 0 Å². The first-order chi connectivity index (χ1) is 13.5. The molecule has 0 saturated carbocycles. The molecule has 0 radical (unpaired) electrons. The number of nitrogens with zero attached hydrogens (tertiary/aromatic N) is 4. The molecule has 150 valence electrons. The van der Waals surface area contributed by atoms with Gasteiger partial charge in [-0.25, -0.2) is 18.4 Å². The molecule has 1 saturated heterocycles. The number of piperidine rings is 1. The highest BCUT2D eigenvalue weighted by Gasteiger charge is 2.26. The number of aromatic nitrogens is 3. The number of rotatable bonds is 6. The Morgan fingerprint density at radius 2 is 1.96 bits per heavy atom. The van der Waals surface area contributed by atoms with Gasteiger partial charge in [0.2, 0.25) is 10.0 Å². The van der Waals surface area contributed by atoms with E-state index in [9.17, 15) is 8.42 Å². The largest absolute Gasteiger partial charge is 0.328 e. The van der Waals surface area contributed by atoms with Crippen LogP contribution in [0.5, 0.6) is 0 Å². The van der Waals surface area contributed by atoms with E-state index in [1.54, 1.807) is 39.5 Å². The zero-order valence-corrected chi connectivity index (χ0v) is 18.5. The number of thioether (sulfide) groups is 1. The lowest BCUT2D eigenvalue weighted by Crippen LogP contribution is -2.35. The van der Waals surface area contributed by atoms with Gasteiger partial charge in [0.1, 0.15) is 5.82 Å². The first-order valence-corrected chi connectivity index (χ1v) is 12.8. The van der Waals surface area contributed by atoms with Gasteiger partial charge in [0.15, 0.2) is 4.34 Å². The quantitative estimate of drug-likeness (QED) is 0.539. The molecule has 0 aliphatic carbocycles. The summed E-state index contributed by atoms with van der Waals surface area (Å²) in [6.07, 6.45) is 2.97. The average molecular weight is 437 g/mol. The molecule has 0 N–H and O–H groups in total. The third-order valence-electron chi connectivity index (χ3n) is 4.99. The molecular formula is C19H24N4O2S3. The lowest BCUT2D eigenvalue weighted by atomic mass is 10.2. The Balaban J connectivity index is 1.64. The number of thiazole rings is 1. The standard InChI is InChI=1S/C19H24N4O2S3/c1-3-23-17-8-7-15(28(24,25)22-9-5-4-6-10-22)11-16(17)21-18(23)13-27-19-20-14(2)12-26-19/h7-8,11-12H,3-6,9-10,13H2,1-2H3. The minimum atomic E-state index is -3.45. The van der Waals surface area contributed by atoms with Crippen molar-refractivity contribution in [2.24, 2.45) is 0 Å². The van der Waals surface area contributed by atoms with E-state index in [1.807, 2.05) is 18.4 Å². The minimum absolute atomic E-state index is 0.345. The lowest BCUT2D eigenvalue weighted by molar-refractivity contribution is 0.346. The smallest absolute Gasteiger partial charge is 0.243 e. The van der Waals surface area contributed by atoms with Crippen molar-refractivity contribution in [1.82, 2.24) is 18.8 Å². The van der Waals surface area contributed by atoms with E-state index >= 15 is 0 Å². The van der Waals surface area contributed by atoms with Crippen molar-refractivity contribution in [1.29, 1.82) is 0 Å². The van der Waals surface area contributed by atoms with Crippen LogP contribution < -0.4 is 0 Å². The van der Waals surface area contributed by atoms with Crippen molar-refractivity contribution in [3.8, 4) is 0 Å². The molecule has 0 unspecified atom stereocenters. The molecule has 9 heteroatoms. The molecule has 28 heavy (non-hydrogen) atoms. The predicted octanol–water partition coefficient (Wildman–Crippen LogP) is 4.29. The van der Waals surface area contributed by atoms with Crippen molar-refractivity contribution in [3.63, 3.8) is 0 Å². The highest BCUT2D eigenvalue weighted by atomic mass is 32.2. The predicted molar refractivity (Wildman–Crippen MR) is 114 cm³/mol. The van der Waals surface area contributed by atoms with Crippen molar-refractivity contribution in [3.05, 3.63) is 35.1 Å². The van der Waals surface area contributed by atoms with Crippen molar-refractivity contribution in [2.75, 3.05) is 13.1 Å². The molecule has 3 heterocycles. The van der Waals surface area contributed by atoms with Gasteiger partial charge in [-0.2, -0.15) is 4.31 Å². The van der Waals surface area contributed by atoms with Gasteiger partial charge in [-0.15, -0.1) is 11.3 Å². The summed E-state index contributed by atoms with van der Waals surface area (Å²) in [5, 5.41) is 2.04. The fraction of sp³-hybridized carbons (Fsp3) is 0.474. The molecular weight excluding hydrogens is 412 g/mol. The number of fused-ring (bicyclic) bond motifs is 1. The minimum Gasteiger partial charge on any atom is -0.328 e. The maximum atomic E-state index is 13.0. The van der Waals surface area contributed by atoms with Gasteiger partial charge in [-0.1, -0.05) is 18.2 Å². The molecule has 1 aliphatic heterocycles. The van der Waals surface area contributed by atoms with Crippen LogP contribution in [0, 0.1) is 6.92 Å². The van der Waals surface area contributed by atoms with E-state index in [1.165, 1.54) is 0 Å². The topological polar surface area (TPSA) is 68.1 Å². The van der Waals surface area contributed by atoms with Crippen LogP contribution in [0.4, 0.5) is 0 Å². The normalized spacial score (nSPS) is 16.1. The molecule has 1 aliphatic rings. The molecule has 1 fully saturated rings. The van der Waals surface area contributed by atoms with Crippen LogP contribution in [0.1, 0.15) is 37.7 Å². The van der Waals surface area contributed by atoms with E-state index in [-0.39, 0.29) is 0 Å². The highest BCUT2D eigenvalue weighted by Crippen LogP contribution is 2.29. The second-order valence-electron chi connectivity index (χ2n) is 6.93. The fourth-order valence-electron chi connectivity index (χ4n) is 3.56. The van der Waals surface area contributed by atoms with Crippen molar-refractivity contribution < 1.29 is 8.42 Å². The molecule has 0 atom stereocenters. The number of imidazole rings is 1. The number of hydrogen-bond donors (Lipinski definition) is 0. The Kier molecular flexibility index (Phi) is 5.78. The van der Waals surface area contributed by atoms with Crippen LogP contribution >= 0.6 is 23.1 Å². The van der Waals surface area contributed by atoms with Crippen LogP contribution in [0.3, 0.4) is 0 Å². The van der Waals surface area contributed by atoms with Gasteiger partial charge in [-0.05, 0) is 44.9 Å². The van der Waals surface area contributed by atoms with E-state index in [0.717, 1.165) is 52.7 Å². The second kappa shape index (κ2) is 8.14. The van der Waals surface area contributed by atoms with Gasteiger partial charge in [0.25, 0.3) is 0 Å². The summed E-state index contributed by atoms with van der Waals surface area (Å²) < 4.78 is 30.8. The van der Waals surface area contributed by atoms with Gasteiger partial charge < -0.3 is 4.57 Å². The molecule has 0 spiro atoms. The molecule has 0 bridgehead atoms. The summed E-state index contributed by atoms with van der Waals surface area (Å²) in [5.41, 5.74) is 2.75. The molecule has 6 nitrogen and oxygen atoms in total. The summed E-state index contributed by atoms with van der Waals surface area (Å²) in [6, 6.07) is 5.35. The zero-order valence-electron chi connectivity index (χ0n) is 16.1. The summed E-state index contributed by atoms with van der Waals surface area (Å²) in [6.45, 7) is 6.09. The highest BCUT2D eigenvalue weighted by molar-refractivity contribution is 8.00. The monoisotopic (exact) mass is 436 g/mol. The van der Waals surface area contributed by atoms with E-state index in [2.05, 4.69) is 16.5 Å². The molecule has 2 aromatic heterocycles. The van der Waals surface area contributed by atoms with Crippen LogP contribution in [-0.4, -0.2) is 40.3 Å². The van der Waals surface area contributed by atoms with E-state index < -0.39 is 10.0 Å². The lowest BCUT2D eigenvalue weighted by Gasteiger charge is -2.25. The summed E-state index contributed by atoms with van der Waals surface area (Å²) in [7, 11) is -3.45. The molecule has 0 amide bonds. The zero-order chi connectivity index (χ0) is 19.7. The Morgan fingerprint density at radius 1 is 1.18 bits per heavy atom. The third kappa shape index (κ3) is 3.85. The average Bonchev–Trinajstić information content (AvgIpc) is 3.28. The van der Waals surface area contributed by atoms with Crippen LogP contribution in [-0.2, 0) is 22.3 Å². The first-order valence-electron chi connectivity index (χ1n) is 9.53. The molecule has 3 aromatic rings. The maximum Gasteiger partial charge on any atom is 0.243 e. The van der Waals surface area contributed by atoms with E-state index in [0.29, 0.717) is 23.7 Å². The van der Waals surface area contributed by atoms with Crippen LogP contribution in [0.15, 0.2) is 32.8 Å². The fourth-order valence-corrected chi connectivity index (χ4v) is 6.90. The third-order valence-corrected chi connectivity index (χ3v) is 9.02. The summed E-state index contributed by atoms with van der Waals surface area (Å²) >= 11 is 3.31. The first kappa shape index (κ1) is 19.9. The van der Waals surface area contributed by atoms with Gasteiger partial charge in [0.05, 0.1) is 21.7 Å². The van der Waals surface area contributed by atoms with Gasteiger partial charge in [0, 0.05) is 30.7 Å². The number of benzene rings is 1. The Morgan fingerprint density at radius 3 is 2.64 bits per heavy atom. The van der Waals surface area contributed by atoms with Crippen molar-refractivity contribution in [2.45, 2.75) is 54.6 Å². The second-order valence-corrected chi connectivity index (χ2v) is 10.9. The van der Waals surface area contributed by atoms with Gasteiger partial charge >= 0.3 is 0 Å². The molecule has 4 rings (SSSR count). The Bertz CT molecular complexity index is 1080. The summed E-state index contributed by atoms with van der Waals surface area (Å²) in [5.74, 6) is 1.66. The van der Waals surface area contributed by atoms with E-state index in [4.69, 9.17) is 4.98 Å². The summed E-state index contributed by atoms with van der Waals surface area (Å²) in [4.78, 5) is 9.60.